The van der Waals surface area contributed by atoms with Gasteiger partial charge in [-0.05, 0) is 36.3 Å². The summed E-state index contributed by atoms with van der Waals surface area (Å²) in [6.07, 6.45) is -0.380. The van der Waals surface area contributed by atoms with Gasteiger partial charge in [0.15, 0.2) is 0 Å². The van der Waals surface area contributed by atoms with E-state index in [-0.39, 0.29) is 6.10 Å². The van der Waals surface area contributed by atoms with Gasteiger partial charge in [-0.1, -0.05) is 26.0 Å². The summed E-state index contributed by atoms with van der Waals surface area (Å²) in [5.74, 6) is 3.38. The quantitative estimate of drug-likeness (QED) is 0.807. The molecule has 1 rings (SSSR count). The lowest BCUT2D eigenvalue weighted by Crippen LogP contribution is -2.03. The first kappa shape index (κ1) is 14.4. The molecule has 1 aromatic carbocycles. The van der Waals surface area contributed by atoms with Crippen molar-refractivity contribution in [3.8, 4) is 5.75 Å². The molecule has 1 atom stereocenters. The van der Waals surface area contributed by atoms with Gasteiger partial charge in [0.25, 0.3) is 0 Å². The normalized spacial score (nSPS) is 12.8. The number of aliphatic hydroxyl groups excluding tert-OH is 1. The monoisotopic (exact) mass is 254 g/mol. The van der Waals surface area contributed by atoms with E-state index in [0.29, 0.717) is 12.5 Å². The number of ether oxygens (including phenoxy) is 1. The van der Waals surface area contributed by atoms with E-state index >= 15 is 0 Å². The zero-order valence-corrected chi connectivity index (χ0v) is 11.7. The van der Waals surface area contributed by atoms with Crippen molar-refractivity contribution in [3.05, 3.63) is 29.8 Å². The van der Waals surface area contributed by atoms with Gasteiger partial charge in [-0.3, -0.25) is 0 Å². The van der Waals surface area contributed by atoms with Gasteiger partial charge in [-0.25, -0.2) is 0 Å². The van der Waals surface area contributed by atoms with Crippen molar-refractivity contribution in [2.24, 2.45) is 5.92 Å². The van der Waals surface area contributed by atoms with Crippen molar-refractivity contribution < 1.29 is 9.84 Å². The summed E-state index contributed by atoms with van der Waals surface area (Å²) in [5, 5.41) is 9.99. The van der Waals surface area contributed by atoms with Gasteiger partial charge in [0.2, 0.25) is 0 Å². The molecule has 96 valence electrons. The fourth-order valence-electron chi connectivity index (χ4n) is 1.46. The molecule has 0 fully saturated rings. The number of hydrogen-bond donors (Lipinski definition) is 1. The summed E-state index contributed by atoms with van der Waals surface area (Å²) in [6, 6.07) is 7.70. The third kappa shape index (κ3) is 5.46. The Labute approximate surface area is 108 Å². The first-order valence-corrected chi connectivity index (χ1v) is 7.27. The Morgan fingerprint density at radius 2 is 1.82 bits per heavy atom. The Kier molecular flexibility index (Phi) is 6.45. The largest absolute Gasteiger partial charge is 0.494 e. The van der Waals surface area contributed by atoms with Crippen molar-refractivity contribution in [3.63, 3.8) is 0 Å². The average molecular weight is 254 g/mol. The van der Waals surface area contributed by atoms with E-state index < -0.39 is 0 Å². The van der Waals surface area contributed by atoms with Crippen molar-refractivity contribution in [1.82, 2.24) is 0 Å². The van der Waals surface area contributed by atoms with Crippen LogP contribution >= 0.6 is 11.8 Å². The maximum atomic E-state index is 9.99. The molecule has 1 unspecified atom stereocenters. The van der Waals surface area contributed by atoms with Crippen LogP contribution in [0.2, 0.25) is 0 Å². The van der Waals surface area contributed by atoms with Crippen LogP contribution in [0.15, 0.2) is 24.3 Å². The molecule has 0 aliphatic heterocycles. The lowest BCUT2D eigenvalue weighted by molar-refractivity contribution is 0.204. The first-order valence-electron chi connectivity index (χ1n) is 6.12. The molecule has 1 N–H and O–H groups in total. The minimum Gasteiger partial charge on any atom is -0.494 e. The molecular weight excluding hydrogens is 232 g/mol. The van der Waals surface area contributed by atoms with Crippen LogP contribution in [-0.4, -0.2) is 23.2 Å². The van der Waals surface area contributed by atoms with E-state index in [1.807, 2.05) is 31.2 Å². The van der Waals surface area contributed by atoms with E-state index in [1.165, 1.54) is 0 Å². The standard InChI is InChI=1S/C14H22O2S/c1-4-16-13-7-5-12(6-8-13)14(15)10-17-9-11(2)3/h5-8,11,14-15H,4,9-10H2,1-3H3. The molecule has 0 radical (unpaired) electrons. The molecule has 0 bridgehead atoms. The second-order valence-electron chi connectivity index (χ2n) is 4.45. The second-order valence-corrected chi connectivity index (χ2v) is 5.52. The van der Waals surface area contributed by atoms with Gasteiger partial charge in [0.05, 0.1) is 12.7 Å². The minimum atomic E-state index is -0.380. The molecule has 17 heavy (non-hydrogen) atoms. The van der Waals surface area contributed by atoms with Crippen molar-refractivity contribution in [1.29, 1.82) is 0 Å². The number of thioether (sulfide) groups is 1. The van der Waals surface area contributed by atoms with Crippen LogP contribution in [0.5, 0.6) is 5.75 Å². The number of benzene rings is 1. The zero-order valence-electron chi connectivity index (χ0n) is 10.8. The zero-order chi connectivity index (χ0) is 12.7. The highest BCUT2D eigenvalue weighted by Crippen LogP contribution is 2.22. The first-order chi connectivity index (χ1) is 8.13. The summed E-state index contributed by atoms with van der Waals surface area (Å²) in [7, 11) is 0. The minimum absolute atomic E-state index is 0.380. The predicted octanol–water partition coefficient (Wildman–Crippen LogP) is 3.51. The fourth-order valence-corrected chi connectivity index (χ4v) is 2.49. The summed E-state index contributed by atoms with van der Waals surface area (Å²) < 4.78 is 5.37. The smallest absolute Gasteiger partial charge is 0.119 e. The van der Waals surface area contributed by atoms with Crippen LogP contribution in [0, 0.1) is 5.92 Å². The number of rotatable bonds is 7. The molecule has 0 spiro atoms. The van der Waals surface area contributed by atoms with Gasteiger partial charge in [0, 0.05) is 5.75 Å². The Bertz CT molecular complexity index is 309. The lowest BCUT2D eigenvalue weighted by atomic mass is 10.1. The van der Waals surface area contributed by atoms with Crippen molar-refractivity contribution in [2.45, 2.75) is 26.9 Å². The van der Waals surface area contributed by atoms with Gasteiger partial charge in [0.1, 0.15) is 5.75 Å². The summed E-state index contributed by atoms with van der Waals surface area (Å²) in [5.41, 5.74) is 0.963. The topological polar surface area (TPSA) is 29.5 Å². The molecule has 2 nitrogen and oxygen atoms in total. The van der Waals surface area contributed by atoms with E-state index in [9.17, 15) is 5.11 Å². The summed E-state index contributed by atoms with van der Waals surface area (Å²) >= 11 is 1.80. The molecule has 0 aliphatic rings. The Morgan fingerprint density at radius 1 is 1.18 bits per heavy atom. The van der Waals surface area contributed by atoms with Gasteiger partial charge in [-0.2, -0.15) is 11.8 Å². The van der Waals surface area contributed by atoms with Crippen molar-refractivity contribution >= 4 is 11.8 Å². The Hall–Kier alpha value is -0.670. The van der Waals surface area contributed by atoms with E-state index in [0.717, 1.165) is 22.8 Å². The SMILES string of the molecule is CCOc1ccc(C(O)CSCC(C)C)cc1. The van der Waals surface area contributed by atoms with Crippen LogP contribution in [-0.2, 0) is 0 Å². The van der Waals surface area contributed by atoms with E-state index in [2.05, 4.69) is 13.8 Å². The van der Waals surface area contributed by atoms with Gasteiger partial charge >= 0.3 is 0 Å². The molecule has 0 aromatic heterocycles. The molecule has 0 amide bonds. The van der Waals surface area contributed by atoms with E-state index in [4.69, 9.17) is 4.74 Å². The van der Waals surface area contributed by atoms with Crippen LogP contribution in [0.25, 0.3) is 0 Å². The Morgan fingerprint density at radius 3 is 2.35 bits per heavy atom. The summed E-state index contributed by atoms with van der Waals surface area (Å²) in [4.78, 5) is 0. The highest BCUT2D eigenvalue weighted by molar-refractivity contribution is 7.99. The average Bonchev–Trinajstić information content (AvgIpc) is 2.30. The van der Waals surface area contributed by atoms with E-state index in [1.54, 1.807) is 11.8 Å². The molecule has 0 aliphatic carbocycles. The predicted molar refractivity (Wildman–Crippen MR) is 74.7 cm³/mol. The van der Waals surface area contributed by atoms with Gasteiger partial charge in [-0.15, -0.1) is 0 Å². The fraction of sp³-hybridized carbons (Fsp3) is 0.571. The second kappa shape index (κ2) is 7.62. The third-order valence-corrected chi connectivity index (χ3v) is 3.76. The highest BCUT2D eigenvalue weighted by Gasteiger charge is 2.08. The maximum Gasteiger partial charge on any atom is 0.119 e. The molecular formula is C14H22O2S. The van der Waals surface area contributed by atoms with Crippen LogP contribution in [0.4, 0.5) is 0 Å². The van der Waals surface area contributed by atoms with Crippen LogP contribution < -0.4 is 4.74 Å². The lowest BCUT2D eigenvalue weighted by Gasteiger charge is -2.12. The number of hydrogen-bond acceptors (Lipinski definition) is 3. The van der Waals surface area contributed by atoms with Gasteiger partial charge < -0.3 is 9.84 Å². The molecule has 0 saturated heterocycles. The molecule has 0 saturated carbocycles. The molecule has 3 heteroatoms. The Balaban J connectivity index is 2.43. The molecule has 1 aromatic rings. The summed E-state index contributed by atoms with van der Waals surface area (Å²) in [6.45, 7) is 7.02. The third-order valence-electron chi connectivity index (χ3n) is 2.30. The van der Waals surface area contributed by atoms with Crippen LogP contribution in [0.1, 0.15) is 32.4 Å². The highest BCUT2D eigenvalue weighted by atomic mass is 32.2. The molecule has 0 heterocycles. The number of aliphatic hydroxyl groups is 1. The van der Waals surface area contributed by atoms with Crippen molar-refractivity contribution in [2.75, 3.05) is 18.1 Å². The van der Waals surface area contributed by atoms with Crippen LogP contribution in [0.3, 0.4) is 0 Å². The maximum absolute atomic E-state index is 9.99.